The van der Waals surface area contributed by atoms with Crippen LogP contribution in [0.1, 0.15) is 0 Å². The normalized spacial score (nSPS) is 10.5. The SMILES string of the molecule is O=C(F)Cn1nnc2ccccc21. The van der Waals surface area contributed by atoms with Gasteiger partial charge in [0.15, 0.2) is 0 Å². The van der Waals surface area contributed by atoms with Gasteiger partial charge in [0.2, 0.25) is 0 Å². The van der Waals surface area contributed by atoms with Crippen molar-refractivity contribution in [3.05, 3.63) is 24.3 Å². The number of hydrogen-bond acceptors (Lipinski definition) is 3. The quantitative estimate of drug-likeness (QED) is 0.644. The maximum atomic E-state index is 12.1. The zero-order chi connectivity index (χ0) is 9.26. The van der Waals surface area contributed by atoms with Crippen LogP contribution >= 0.6 is 0 Å². The van der Waals surface area contributed by atoms with Gasteiger partial charge in [-0.25, -0.2) is 4.68 Å². The van der Waals surface area contributed by atoms with E-state index < -0.39 is 6.04 Å². The molecule has 0 aliphatic heterocycles. The fourth-order valence-corrected chi connectivity index (χ4v) is 1.15. The molecule has 0 amide bonds. The fraction of sp³-hybridized carbons (Fsp3) is 0.125. The number of carbonyl (C=O) groups excluding carboxylic acids is 1. The molecule has 4 nitrogen and oxygen atoms in total. The highest BCUT2D eigenvalue weighted by Crippen LogP contribution is 2.09. The molecule has 0 saturated carbocycles. The molecule has 2 aromatic rings. The van der Waals surface area contributed by atoms with Crippen molar-refractivity contribution < 1.29 is 9.18 Å². The van der Waals surface area contributed by atoms with E-state index in [1.165, 1.54) is 4.68 Å². The number of fused-ring (bicyclic) bond motifs is 1. The second-order valence-electron chi connectivity index (χ2n) is 2.59. The van der Waals surface area contributed by atoms with E-state index in [1.54, 1.807) is 24.3 Å². The van der Waals surface area contributed by atoms with Gasteiger partial charge in [0.25, 0.3) is 0 Å². The van der Waals surface area contributed by atoms with Crippen molar-refractivity contribution in [1.29, 1.82) is 0 Å². The van der Waals surface area contributed by atoms with E-state index >= 15 is 0 Å². The van der Waals surface area contributed by atoms with Gasteiger partial charge < -0.3 is 0 Å². The molecule has 13 heavy (non-hydrogen) atoms. The number of nitrogens with zero attached hydrogens (tertiary/aromatic N) is 3. The first-order valence-corrected chi connectivity index (χ1v) is 3.74. The minimum Gasteiger partial charge on any atom is -0.259 e. The Balaban J connectivity index is 2.51. The second kappa shape index (κ2) is 2.93. The predicted octanol–water partition coefficient (Wildman–Crippen LogP) is 0.927. The van der Waals surface area contributed by atoms with Gasteiger partial charge in [0.1, 0.15) is 12.1 Å². The van der Waals surface area contributed by atoms with Crippen molar-refractivity contribution in [1.82, 2.24) is 15.0 Å². The van der Waals surface area contributed by atoms with Gasteiger partial charge in [-0.3, -0.25) is 4.79 Å². The molecule has 1 aromatic heterocycles. The van der Waals surface area contributed by atoms with Crippen LogP contribution in [0.5, 0.6) is 0 Å². The lowest BCUT2D eigenvalue weighted by Crippen LogP contribution is -2.06. The summed E-state index contributed by atoms with van der Waals surface area (Å²) in [6, 6.07) is 5.65. The first-order valence-electron chi connectivity index (χ1n) is 3.74. The Bertz CT molecular complexity index is 451. The Labute approximate surface area is 73.0 Å². The smallest absolute Gasteiger partial charge is 0.259 e. The largest absolute Gasteiger partial charge is 0.322 e. The zero-order valence-corrected chi connectivity index (χ0v) is 6.64. The lowest BCUT2D eigenvalue weighted by molar-refractivity contribution is -0.130. The summed E-state index contributed by atoms with van der Waals surface area (Å²) in [6.07, 6.45) is 0. The number of rotatable bonds is 2. The minimum atomic E-state index is -1.42. The summed E-state index contributed by atoms with van der Waals surface area (Å²) in [6.45, 7) is -0.374. The standard InChI is InChI=1S/C8H6FN3O/c9-8(13)5-12-7-4-2-1-3-6(7)10-11-12/h1-4H,5H2. The summed E-state index contributed by atoms with van der Waals surface area (Å²) in [7, 11) is 0. The number of carbonyl (C=O) groups is 1. The van der Waals surface area contributed by atoms with Gasteiger partial charge in [-0.2, -0.15) is 4.39 Å². The maximum absolute atomic E-state index is 12.1. The first kappa shape index (κ1) is 7.85. The van der Waals surface area contributed by atoms with Crippen molar-refractivity contribution in [3.8, 4) is 0 Å². The molecule has 66 valence electrons. The summed E-state index contributed by atoms with van der Waals surface area (Å²) in [5, 5.41) is 7.41. The highest BCUT2D eigenvalue weighted by atomic mass is 19.1. The highest BCUT2D eigenvalue weighted by molar-refractivity contribution is 5.76. The molecule has 0 radical (unpaired) electrons. The summed E-state index contributed by atoms with van der Waals surface area (Å²) in [5.74, 6) is 0. The van der Waals surface area contributed by atoms with Gasteiger partial charge in [-0.15, -0.1) is 5.10 Å². The first-order chi connectivity index (χ1) is 6.27. The lowest BCUT2D eigenvalue weighted by Gasteiger charge is -1.94. The zero-order valence-electron chi connectivity index (χ0n) is 6.64. The third kappa shape index (κ3) is 1.40. The number of para-hydroxylation sites is 1. The van der Waals surface area contributed by atoms with Crippen LogP contribution < -0.4 is 0 Å². The Hall–Kier alpha value is -1.78. The van der Waals surface area contributed by atoms with Crippen molar-refractivity contribution in [3.63, 3.8) is 0 Å². The molecule has 2 rings (SSSR count). The lowest BCUT2D eigenvalue weighted by atomic mass is 10.3. The fourth-order valence-electron chi connectivity index (χ4n) is 1.15. The van der Waals surface area contributed by atoms with Crippen molar-refractivity contribution in [2.45, 2.75) is 6.54 Å². The third-order valence-electron chi connectivity index (χ3n) is 1.69. The van der Waals surface area contributed by atoms with E-state index in [0.717, 1.165) is 0 Å². The average Bonchev–Trinajstić information content (AvgIpc) is 2.48. The van der Waals surface area contributed by atoms with E-state index in [9.17, 15) is 9.18 Å². The van der Waals surface area contributed by atoms with Crippen molar-refractivity contribution in [2.75, 3.05) is 0 Å². The molecule has 0 aliphatic rings. The van der Waals surface area contributed by atoms with Crippen molar-refractivity contribution >= 4 is 17.1 Å². The van der Waals surface area contributed by atoms with Crippen LogP contribution in [0.4, 0.5) is 4.39 Å². The highest BCUT2D eigenvalue weighted by Gasteiger charge is 2.06. The predicted molar refractivity (Wildman–Crippen MR) is 43.6 cm³/mol. The monoisotopic (exact) mass is 179 g/mol. The van der Waals surface area contributed by atoms with Gasteiger partial charge in [0, 0.05) is 0 Å². The van der Waals surface area contributed by atoms with Crippen LogP contribution in [0.15, 0.2) is 24.3 Å². The van der Waals surface area contributed by atoms with Crippen LogP contribution in [0.2, 0.25) is 0 Å². The molecule has 1 aromatic carbocycles. The van der Waals surface area contributed by atoms with Gasteiger partial charge >= 0.3 is 6.04 Å². The van der Waals surface area contributed by atoms with Crippen LogP contribution in [0.3, 0.4) is 0 Å². The molecule has 0 fully saturated rings. The Morgan fingerprint density at radius 1 is 1.46 bits per heavy atom. The van der Waals surface area contributed by atoms with Gasteiger partial charge in [-0.05, 0) is 12.1 Å². The molecule has 5 heteroatoms. The molecular weight excluding hydrogens is 173 g/mol. The molecule has 0 spiro atoms. The van der Waals surface area contributed by atoms with Gasteiger partial charge in [-0.1, -0.05) is 17.3 Å². The van der Waals surface area contributed by atoms with E-state index in [0.29, 0.717) is 11.0 Å². The number of halogens is 1. The number of aromatic nitrogens is 3. The molecule has 0 atom stereocenters. The van der Waals surface area contributed by atoms with E-state index in [2.05, 4.69) is 10.3 Å². The summed E-state index contributed by atoms with van der Waals surface area (Å²) >= 11 is 0. The Morgan fingerprint density at radius 2 is 2.23 bits per heavy atom. The van der Waals surface area contributed by atoms with E-state index in [1.807, 2.05) is 0 Å². The van der Waals surface area contributed by atoms with Crippen molar-refractivity contribution in [2.24, 2.45) is 0 Å². The topological polar surface area (TPSA) is 47.8 Å². The van der Waals surface area contributed by atoms with Crippen LogP contribution in [0, 0.1) is 0 Å². The van der Waals surface area contributed by atoms with Crippen LogP contribution in [-0.2, 0) is 11.3 Å². The summed E-state index contributed by atoms with van der Waals surface area (Å²) in [5.41, 5.74) is 1.32. The molecule has 0 bridgehead atoms. The molecule has 0 aliphatic carbocycles. The van der Waals surface area contributed by atoms with Crippen LogP contribution in [0.25, 0.3) is 11.0 Å². The minimum absolute atomic E-state index is 0.374. The molecule has 0 saturated heterocycles. The molecule has 1 heterocycles. The number of benzene rings is 1. The average molecular weight is 179 g/mol. The maximum Gasteiger partial charge on any atom is 0.322 e. The third-order valence-corrected chi connectivity index (χ3v) is 1.69. The van der Waals surface area contributed by atoms with E-state index in [-0.39, 0.29) is 6.54 Å². The van der Waals surface area contributed by atoms with E-state index in [4.69, 9.17) is 0 Å². The molecule has 0 N–H and O–H groups in total. The second-order valence-corrected chi connectivity index (χ2v) is 2.59. The van der Waals surface area contributed by atoms with Crippen LogP contribution in [-0.4, -0.2) is 21.0 Å². The number of hydrogen-bond donors (Lipinski definition) is 0. The summed E-state index contributed by atoms with van der Waals surface area (Å²) in [4.78, 5) is 10.2. The Morgan fingerprint density at radius 3 is 3.00 bits per heavy atom. The Kier molecular flexibility index (Phi) is 1.77. The molecule has 0 unspecified atom stereocenters. The summed E-state index contributed by atoms with van der Waals surface area (Å²) < 4.78 is 13.3. The molecular formula is C8H6FN3O. The van der Waals surface area contributed by atoms with Gasteiger partial charge in [0.05, 0.1) is 5.52 Å².